The highest BCUT2D eigenvalue weighted by Crippen LogP contribution is 2.00. The van der Waals surface area contributed by atoms with Crippen LogP contribution in [0, 0.1) is 0 Å². The highest BCUT2D eigenvalue weighted by Gasteiger charge is 1.73. The molecular weight excluding hydrogens is 152 g/mol. The zero-order valence-corrected chi connectivity index (χ0v) is 6.23. The van der Waals surface area contributed by atoms with Crippen LogP contribution >= 0.6 is 12.6 Å². The van der Waals surface area contributed by atoms with Gasteiger partial charge in [0.25, 0.3) is 0 Å². The SMILES string of the molecule is O.O.O.Sc1ccccc1. The van der Waals surface area contributed by atoms with E-state index in [0.717, 1.165) is 4.90 Å². The van der Waals surface area contributed by atoms with Gasteiger partial charge in [0, 0.05) is 4.90 Å². The Hall–Kier alpha value is -0.550. The van der Waals surface area contributed by atoms with Gasteiger partial charge in [0.2, 0.25) is 0 Å². The summed E-state index contributed by atoms with van der Waals surface area (Å²) in [6.45, 7) is 0. The van der Waals surface area contributed by atoms with Crippen molar-refractivity contribution in [2.24, 2.45) is 0 Å². The van der Waals surface area contributed by atoms with Crippen LogP contribution in [-0.4, -0.2) is 16.4 Å². The lowest BCUT2D eigenvalue weighted by Crippen LogP contribution is -1.56. The van der Waals surface area contributed by atoms with Crippen LogP contribution in [0.25, 0.3) is 0 Å². The molecule has 0 aliphatic carbocycles. The third kappa shape index (κ3) is 5.58. The van der Waals surface area contributed by atoms with E-state index < -0.39 is 0 Å². The van der Waals surface area contributed by atoms with Gasteiger partial charge in [-0.15, -0.1) is 12.6 Å². The molecule has 3 nitrogen and oxygen atoms in total. The van der Waals surface area contributed by atoms with Crippen LogP contribution in [0.2, 0.25) is 0 Å². The number of benzene rings is 1. The average molecular weight is 164 g/mol. The number of rotatable bonds is 0. The molecule has 0 saturated heterocycles. The standard InChI is InChI=1S/C6H6S.3H2O/c7-6-4-2-1-3-5-6;;;/h1-5,7H;3*1H2. The third-order valence-electron chi connectivity index (χ3n) is 0.756. The Kier molecular flexibility index (Phi) is 13.7. The van der Waals surface area contributed by atoms with Crippen molar-refractivity contribution < 1.29 is 16.4 Å². The Bertz CT molecular complexity index is 143. The first-order valence-corrected chi connectivity index (χ1v) is 2.58. The molecule has 0 aliphatic rings. The Morgan fingerprint density at radius 1 is 0.800 bits per heavy atom. The molecule has 0 bridgehead atoms. The molecule has 0 heterocycles. The molecular formula is C6H12O3S. The first-order valence-electron chi connectivity index (χ1n) is 2.13. The number of thiol groups is 1. The van der Waals surface area contributed by atoms with Crippen LogP contribution in [0.5, 0.6) is 0 Å². The van der Waals surface area contributed by atoms with Crippen LogP contribution in [0.3, 0.4) is 0 Å². The second-order valence-corrected chi connectivity index (χ2v) is 1.85. The van der Waals surface area contributed by atoms with E-state index in [1.807, 2.05) is 30.3 Å². The molecule has 1 aromatic rings. The molecule has 4 heteroatoms. The largest absolute Gasteiger partial charge is 0.412 e. The summed E-state index contributed by atoms with van der Waals surface area (Å²) in [5.74, 6) is 0. The fraction of sp³-hybridized carbons (Fsp3) is 0. The maximum Gasteiger partial charge on any atom is 0.00399 e. The number of hydrogen-bond acceptors (Lipinski definition) is 1. The lowest BCUT2D eigenvalue weighted by atomic mass is 10.4. The Balaban J connectivity index is -0.000000163. The van der Waals surface area contributed by atoms with E-state index in [2.05, 4.69) is 12.6 Å². The van der Waals surface area contributed by atoms with Gasteiger partial charge in [0.1, 0.15) is 0 Å². The van der Waals surface area contributed by atoms with Crippen molar-refractivity contribution in [2.75, 3.05) is 0 Å². The predicted molar refractivity (Wildman–Crippen MR) is 44.5 cm³/mol. The zero-order valence-electron chi connectivity index (χ0n) is 5.33. The van der Waals surface area contributed by atoms with E-state index in [1.165, 1.54) is 0 Å². The van der Waals surface area contributed by atoms with Gasteiger partial charge >= 0.3 is 0 Å². The van der Waals surface area contributed by atoms with Crippen LogP contribution in [0.15, 0.2) is 35.2 Å². The molecule has 0 atom stereocenters. The number of hydrogen-bond donors (Lipinski definition) is 1. The lowest BCUT2D eigenvalue weighted by molar-refractivity contribution is 0.823. The molecule has 0 aromatic heterocycles. The van der Waals surface area contributed by atoms with Crippen LogP contribution in [0.4, 0.5) is 0 Å². The van der Waals surface area contributed by atoms with E-state index in [9.17, 15) is 0 Å². The van der Waals surface area contributed by atoms with Crippen molar-refractivity contribution >= 4 is 12.6 Å². The van der Waals surface area contributed by atoms with Gasteiger partial charge in [-0.2, -0.15) is 0 Å². The maximum absolute atomic E-state index is 4.08. The van der Waals surface area contributed by atoms with Crippen molar-refractivity contribution in [2.45, 2.75) is 4.90 Å². The molecule has 6 N–H and O–H groups in total. The van der Waals surface area contributed by atoms with Gasteiger partial charge in [-0.05, 0) is 12.1 Å². The second-order valence-electron chi connectivity index (χ2n) is 1.34. The molecule has 1 aromatic carbocycles. The van der Waals surface area contributed by atoms with Gasteiger partial charge in [0.15, 0.2) is 0 Å². The minimum absolute atomic E-state index is 0. The van der Waals surface area contributed by atoms with Crippen LogP contribution in [0.1, 0.15) is 0 Å². The summed E-state index contributed by atoms with van der Waals surface area (Å²) in [6.07, 6.45) is 0. The topological polar surface area (TPSA) is 94.5 Å². The molecule has 0 saturated carbocycles. The van der Waals surface area contributed by atoms with E-state index in [0.29, 0.717) is 0 Å². The summed E-state index contributed by atoms with van der Waals surface area (Å²) in [5, 5.41) is 0. The minimum atomic E-state index is 0. The molecule has 0 unspecified atom stereocenters. The van der Waals surface area contributed by atoms with Crippen LogP contribution < -0.4 is 0 Å². The van der Waals surface area contributed by atoms with E-state index in [1.54, 1.807) is 0 Å². The first-order chi connectivity index (χ1) is 3.39. The normalized spacial score (nSPS) is 6.10. The van der Waals surface area contributed by atoms with Crippen LogP contribution in [-0.2, 0) is 0 Å². The summed E-state index contributed by atoms with van der Waals surface area (Å²) >= 11 is 4.08. The summed E-state index contributed by atoms with van der Waals surface area (Å²) in [4.78, 5) is 1.02. The monoisotopic (exact) mass is 164 g/mol. The summed E-state index contributed by atoms with van der Waals surface area (Å²) in [5.41, 5.74) is 0. The first kappa shape index (κ1) is 16.2. The lowest BCUT2D eigenvalue weighted by Gasteiger charge is -1.81. The Labute approximate surface area is 65.0 Å². The minimum Gasteiger partial charge on any atom is -0.412 e. The van der Waals surface area contributed by atoms with Crippen molar-refractivity contribution in [3.8, 4) is 0 Å². The molecule has 0 fully saturated rings. The maximum atomic E-state index is 4.08. The Morgan fingerprint density at radius 3 is 1.40 bits per heavy atom. The fourth-order valence-corrected chi connectivity index (χ4v) is 0.600. The second kappa shape index (κ2) is 8.45. The van der Waals surface area contributed by atoms with Gasteiger partial charge in [-0.25, -0.2) is 0 Å². The van der Waals surface area contributed by atoms with Gasteiger partial charge in [-0.3, -0.25) is 0 Å². The molecule has 60 valence electrons. The highest BCUT2D eigenvalue weighted by atomic mass is 32.1. The average Bonchev–Trinajstić information content (AvgIpc) is 1.69. The molecule has 10 heavy (non-hydrogen) atoms. The fourth-order valence-electron chi connectivity index (χ4n) is 0.428. The molecule has 0 amide bonds. The molecule has 0 radical (unpaired) electrons. The van der Waals surface area contributed by atoms with Crippen molar-refractivity contribution in [1.82, 2.24) is 0 Å². The molecule has 0 aliphatic heterocycles. The Morgan fingerprint density at radius 2 is 1.20 bits per heavy atom. The molecule has 0 spiro atoms. The zero-order chi connectivity index (χ0) is 5.11. The summed E-state index contributed by atoms with van der Waals surface area (Å²) in [7, 11) is 0. The summed E-state index contributed by atoms with van der Waals surface area (Å²) < 4.78 is 0. The highest BCUT2D eigenvalue weighted by molar-refractivity contribution is 7.80. The third-order valence-corrected chi connectivity index (χ3v) is 1.05. The van der Waals surface area contributed by atoms with E-state index >= 15 is 0 Å². The van der Waals surface area contributed by atoms with Crippen molar-refractivity contribution in [3.05, 3.63) is 30.3 Å². The van der Waals surface area contributed by atoms with E-state index in [-0.39, 0.29) is 16.4 Å². The van der Waals surface area contributed by atoms with Crippen molar-refractivity contribution in [3.63, 3.8) is 0 Å². The smallest absolute Gasteiger partial charge is 0.00399 e. The van der Waals surface area contributed by atoms with Gasteiger partial charge < -0.3 is 16.4 Å². The van der Waals surface area contributed by atoms with Crippen molar-refractivity contribution in [1.29, 1.82) is 0 Å². The van der Waals surface area contributed by atoms with Gasteiger partial charge in [-0.1, -0.05) is 18.2 Å². The van der Waals surface area contributed by atoms with Gasteiger partial charge in [0.05, 0.1) is 0 Å². The van der Waals surface area contributed by atoms with E-state index in [4.69, 9.17) is 0 Å². The quantitative estimate of drug-likeness (QED) is 0.500. The molecule has 1 rings (SSSR count). The summed E-state index contributed by atoms with van der Waals surface area (Å²) in [6, 6.07) is 9.79. The predicted octanol–water partition coefficient (Wildman–Crippen LogP) is -0.499.